The van der Waals surface area contributed by atoms with Crippen LogP contribution in [0.2, 0.25) is 0 Å². The minimum atomic E-state index is -2.11. The van der Waals surface area contributed by atoms with Crippen molar-refractivity contribution in [2.75, 3.05) is 13.2 Å². The molecule has 2 fully saturated rings. The van der Waals surface area contributed by atoms with E-state index in [4.69, 9.17) is 28.1 Å². The van der Waals surface area contributed by atoms with Gasteiger partial charge in [-0.25, -0.2) is 4.79 Å². The van der Waals surface area contributed by atoms with E-state index in [0.717, 1.165) is 36.4 Å². The Morgan fingerprint density at radius 1 is 0.696 bits per heavy atom. The van der Waals surface area contributed by atoms with E-state index in [1.54, 1.807) is 0 Å². The molecule has 0 saturated carbocycles. The maximum atomic E-state index is 13.9. The lowest BCUT2D eigenvalue weighted by Gasteiger charge is -2.46. The quantitative estimate of drug-likeness (QED) is 0.0519. The van der Waals surface area contributed by atoms with Gasteiger partial charge in [0.25, 0.3) is 0 Å². The predicted molar refractivity (Wildman–Crippen MR) is 184 cm³/mol. The Morgan fingerprint density at radius 3 is 2.00 bits per heavy atom. The first-order chi connectivity index (χ1) is 26.6. The largest absolute Gasteiger partial charge is 0.508 e. The van der Waals surface area contributed by atoms with Gasteiger partial charge in [0.05, 0.1) is 13.2 Å². The van der Waals surface area contributed by atoms with Gasteiger partial charge in [0, 0.05) is 23.8 Å². The van der Waals surface area contributed by atoms with E-state index in [1.165, 1.54) is 24.3 Å². The van der Waals surface area contributed by atoms with E-state index in [-0.39, 0.29) is 16.7 Å². The van der Waals surface area contributed by atoms with Crippen molar-refractivity contribution in [2.24, 2.45) is 0 Å². The Kier molecular flexibility index (Phi) is 11.6. The van der Waals surface area contributed by atoms with E-state index in [1.807, 2.05) is 0 Å². The molecule has 2 saturated heterocycles. The minimum absolute atomic E-state index is 0.110. The van der Waals surface area contributed by atoms with Crippen LogP contribution in [0.3, 0.4) is 0 Å². The van der Waals surface area contributed by atoms with Gasteiger partial charge in [-0.1, -0.05) is 6.07 Å². The van der Waals surface area contributed by atoms with Crippen molar-refractivity contribution in [1.29, 1.82) is 0 Å². The highest BCUT2D eigenvalue weighted by atomic mass is 16.8. The molecule has 3 heterocycles. The van der Waals surface area contributed by atoms with Gasteiger partial charge in [-0.05, 0) is 42.0 Å². The van der Waals surface area contributed by atoms with Gasteiger partial charge in [-0.2, -0.15) is 0 Å². The molecular formula is C36H36O20. The zero-order valence-electron chi connectivity index (χ0n) is 28.6. The van der Waals surface area contributed by atoms with Gasteiger partial charge in [0.15, 0.2) is 47.3 Å². The summed E-state index contributed by atoms with van der Waals surface area (Å²) in [6.07, 6.45) is -17.0. The molecule has 3 aromatic carbocycles. The third-order valence-electron chi connectivity index (χ3n) is 8.99. The van der Waals surface area contributed by atoms with Crippen LogP contribution in [0.5, 0.6) is 40.2 Å². The molecule has 56 heavy (non-hydrogen) atoms. The molecule has 0 spiro atoms. The van der Waals surface area contributed by atoms with Crippen LogP contribution in [0.4, 0.5) is 0 Å². The lowest BCUT2D eigenvalue weighted by atomic mass is 9.97. The molecule has 0 amide bonds. The molecule has 10 atom stereocenters. The Morgan fingerprint density at radius 2 is 1.34 bits per heavy atom. The first-order valence-corrected chi connectivity index (χ1v) is 16.6. The molecule has 4 aromatic rings. The first-order valence-electron chi connectivity index (χ1n) is 16.6. The number of aromatic hydroxyl groups is 6. The number of phenolic OH excluding ortho intramolecular Hbond substituents is 6. The van der Waals surface area contributed by atoms with Gasteiger partial charge in [0.2, 0.25) is 17.5 Å². The van der Waals surface area contributed by atoms with E-state index in [0.29, 0.717) is 0 Å². The number of aliphatic hydroxyl groups is 6. The zero-order chi connectivity index (χ0) is 40.6. The molecule has 10 unspecified atom stereocenters. The monoisotopic (exact) mass is 788 g/mol. The SMILES string of the molecule is O=C(C=Cc1ccc(O)c(O)c1)OC1C(CO)OC(OC2C(Oc3c(-c4ccc(O)c(O)c4)oc4cc(O)cc(O)c4c3=O)OC(CO)C(O)C2O)C(O)C1O. The maximum absolute atomic E-state index is 13.9. The van der Waals surface area contributed by atoms with Crippen LogP contribution in [0, 0.1) is 0 Å². The van der Waals surface area contributed by atoms with Crippen molar-refractivity contribution in [3.8, 4) is 51.6 Å². The summed E-state index contributed by atoms with van der Waals surface area (Å²) in [6.45, 7) is -1.85. The topological polar surface area (TPSA) is 336 Å². The van der Waals surface area contributed by atoms with Gasteiger partial charge in [-0.15, -0.1) is 0 Å². The highest BCUT2D eigenvalue weighted by Gasteiger charge is 2.52. The summed E-state index contributed by atoms with van der Waals surface area (Å²) >= 11 is 0. The second-order valence-electron chi connectivity index (χ2n) is 12.7. The molecule has 20 nitrogen and oxygen atoms in total. The summed E-state index contributed by atoms with van der Waals surface area (Å²) in [5, 5.41) is 123. The van der Waals surface area contributed by atoms with E-state index < -0.39 is 137 Å². The van der Waals surface area contributed by atoms with Crippen LogP contribution in [-0.2, 0) is 23.7 Å². The number of fused-ring (bicyclic) bond motifs is 1. The summed E-state index contributed by atoms with van der Waals surface area (Å²) in [4.78, 5) is 26.6. The van der Waals surface area contributed by atoms with Gasteiger partial charge in [0.1, 0.15) is 59.1 Å². The molecule has 0 aliphatic carbocycles. The maximum Gasteiger partial charge on any atom is 0.331 e. The van der Waals surface area contributed by atoms with Gasteiger partial charge < -0.3 is 89.4 Å². The minimum Gasteiger partial charge on any atom is -0.508 e. The summed E-state index contributed by atoms with van der Waals surface area (Å²) < 4.78 is 34.0. The Bertz CT molecular complexity index is 2160. The number of rotatable bonds is 10. The molecule has 2 aliphatic heterocycles. The zero-order valence-corrected chi connectivity index (χ0v) is 28.6. The highest BCUT2D eigenvalue weighted by Crippen LogP contribution is 2.40. The van der Waals surface area contributed by atoms with E-state index in [2.05, 4.69) is 0 Å². The normalized spacial score (nSPS) is 28.0. The molecule has 2 aliphatic rings. The molecule has 1 aromatic heterocycles. The molecule has 0 bridgehead atoms. The third kappa shape index (κ3) is 7.86. The first kappa shape index (κ1) is 40.0. The number of benzene rings is 3. The standard InChI is InChI=1S/C36H36O20/c37-11-22-26(46)28(48)34(56-35-30(50)29(49)32(23(12-38)53-35)54-24(45)6-2-13-1-4-16(40)18(42)7-13)36(52-22)55-33-27(47)25-20(44)9-15(39)10-21(25)51-31(33)14-3-5-17(41)19(43)8-14/h1-10,22-23,26,28-30,32,34-44,46,48-50H,11-12H2. The number of esters is 1. The van der Waals surface area contributed by atoms with Crippen LogP contribution >= 0.6 is 0 Å². The molecule has 0 radical (unpaired) electrons. The van der Waals surface area contributed by atoms with Crippen molar-refractivity contribution < 1.29 is 94.2 Å². The number of phenols is 6. The fourth-order valence-corrected chi connectivity index (χ4v) is 6.09. The molecule has 300 valence electrons. The van der Waals surface area contributed by atoms with Crippen LogP contribution in [0.15, 0.2) is 63.8 Å². The number of carbonyl (C=O) groups excluding carboxylic acids is 1. The van der Waals surface area contributed by atoms with Crippen LogP contribution in [0.1, 0.15) is 5.56 Å². The molecule has 12 N–H and O–H groups in total. The Labute approximate surface area is 313 Å². The number of carbonyl (C=O) groups is 1. The van der Waals surface area contributed by atoms with Crippen LogP contribution < -0.4 is 10.2 Å². The Balaban J connectivity index is 1.30. The number of hydrogen-bond acceptors (Lipinski definition) is 20. The molecule has 6 rings (SSSR count). The average molecular weight is 789 g/mol. The summed E-state index contributed by atoms with van der Waals surface area (Å²) in [5.74, 6) is -5.72. The average Bonchev–Trinajstić information content (AvgIpc) is 3.16. The summed E-state index contributed by atoms with van der Waals surface area (Å²) in [5.41, 5.74) is -1.31. The van der Waals surface area contributed by atoms with E-state index in [9.17, 15) is 70.9 Å². The predicted octanol–water partition coefficient (Wildman–Crippen LogP) is -1.04. The Hall–Kier alpha value is -5.68. The van der Waals surface area contributed by atoms with Crippen molar-refractivity contribution in [2.45, 2.75) is 61.4 Å². The number of hydrogen-bond donors (Lipinski definition) is 12. The number of aliphatic hydroxyl groups excluding tert-OH is 6. The lowest BCUT2D eigenvalue weighted by Crippen LogP contribution is -2.65. The summed E-state index contributed by atoms with van der Waals surface area (Å²) in [7, 11) is 0. The second kappa shape index (κ2) is 16.2. The molecular weight excluding hydrogens is 752 g/mol. The second-order valence-corrected chi connectivity index (χ2v) is 12.7. The highest BCUT2D eigenvalue weighted by molar-refractivity contribution is 5.89. The lowest BCUT2D eigenvalue weighted by molar-refractivity contribution is -0.358. The smallest absolute Gasteiger partial charge is 0.331 e. The third-order valence-corrected chi connectivity index (χ3v) is 8.99. The van der Waals surface area contributed by atoms with Crippen molar-refractivity contribution in [1.82, 2.24) is 0 Å². The fraction of sp³-hybridized carbons (Fsp3) is 0.333. The number of ether oxygens (including phenoxy) is 5. The van der Waals surface area contributed by atoms with Crippen molar-refractivity contribution >= 4 is 23.0 Å². The fourth-order valence-electron chi connectivity index (χ4n) is 6.09. The van der Waals surface area contributed by atoms with Crippen molar-refractivity contribution in [3.63, 3.8) is 0 Å². The molecule has 20 heteroatoms. The summed E-state index contributed by atoms with van der Waals surface area (Å²) in [6, 6.07) is 8.69. The van der Waals surface area contributed by atoms with Gasteiger partial charge >= 0.3 is 5.97 Å². The van der Waals surface area contributed by atoms with Crippen LogP contribution in [-0.4, -0.2) is 142 Å². The van der Waals surface area contributed by atoms with E-state index >= 15 is 0 Å². The van der Waals surface area contributed by atoms with Gasteiger partial charge in [-0.3, -0.25) is 4.79 Å². The van der Waals surface area contributed by atoms with Crippen molar-refractivity contribution in [3.05, 3.63) is 70.4 Å². The van der Waals surface area contributed by atoms with Crippen LogP contribution in [0.25, 0.3) is 28.4 Å².